The van der Waals surface area contributed by atoms with Gasteiger partial charge in [0.25, 0.3) is 0 Å². The van der Waals surface area contributed by atoms with E-state index in [1.807, 2.05) is 0 Å². The molecule has 1 aromatic rings. The third-order valence-electron chi connectivity index (χ3n) is 2.09. The van der Waals surface area contributed by atoms with E-state index in [2.05, 4.69) is 14.9 Å². The lowest BCUT2D eigenvalue weighted by molar-refractivity contribution is 0.189. The zero-order valence-corrected chi connectivity index (χ0v) is 7.40. The number of nitrogens with zero attached hydrogens (tertiary/aromatic N) is 2. The average Bonchev–Trinajstić information content (AvgIpc) is 2.62. The summed E-state index contributed by atoms with van der Waals surface area (Å²) in [5, 5.41) is 8.64. The Morgan fingerprint density at radius 2 is 2.67 bits per heavy atom. The Bertz CT molecular complexity index is 243. The number of nitrogens with one attached hydrogen (secondary N) is 1. The van der Waals surface area contributed by atoms with Crippen LogP contribution in [-0.4, -0.2) is 28.3 Å². The highest BCUT2D eigenvalue weighted by Crippen LogP contribution is 2.24. The molecule has 5 heteroatoms. The highest BCUT2D eigenvalue weighted by molar-refractivity contribution is 7.03. The molecule has 1 saturated heterocycles. The van der Waals surface area contributed by atoms with Gasteiger partial charge in [-0.25, -0.2) is 4.39 Å². The Labute approximate surface area is 74.2 Å². The van der Waals surface area contributed by atoms with Crippen molar-refractivity contribution in [2.45, 2.75) is 18.5 Å². The first-order valence-corrected chi connectivity index (χ1v) is 4.78. The Kier molecular flexibility index (Phi) is 2.06. The minimum absolute atomic E-state index is 0.399. The second-order valence-electron chi connectivity index (χ2n) is 3.15. The molecule has 0 spiro atoms. The molecule has 2 heterocycles. The third-order valence-corrected chi connectivity index (χ3v) is 2.65. The molecule has 2 rings (SSSR count). The summed E-state index contributed by atoms with van der Waals surface area (Å²) in [4.78, 5) is 0. The van der Waals surface area contributed by atoms with Gasteiger partial charge in [-0.1, -0.05) is 4.49 Å². The van der Waals surface area contributed by atoms with Crippen LogP contribution in [0.5, 0.6) is 0 Å². The summed E-state index contributed by atoms with van der Waals surface area (Å²) in [6, 6.07) is 0. The van der Waals surface area contributed by atoms with Gasteiger partial charge < -0.3 is 5.32 Å². The van der Waals surface area contributed by atoms with Crippen molar-refractivity contribution in [3.05, 3.63) is 11.1 Å². The smallest absolute Gasteiger partial charge is 0.130 e. The Morgan fingerprint density at radius 1 is 1.75 bits per heavy atom. The molecule has 1 N–H and O–H groups in total. The lowest BCUT2D eigenvalue weighted by Gasteiger charge is -2.15. The van der Waals surface area contributed by atoms with Gasteiger partial charge in [-0.2, -0.15) is 0 Å². The molecule has 0 radical (unpaired) electrons. The average molecular weight is 187 g/mol. The largest absolute Gasteiger partial charge is 0.313 e. The summed E-state index contributed by atoms with van der Waals surface area (Å²) in [5.41, 5.74) is -0.318. The van der Waals surface area contributed by atoms with Gasteiger partial charge in [-0.15, -0.1) is 5.10 Å². The molecule has 3 nitrogen and oxygen atoms in total. The van der Waals surface area contributed by atoms with Gasteiger partial charge in [0.05, 0.1) is 5.69 Å². The SMILES string of the molecule is FC1(Cc2csnn2)CCNC1. The molecule has 12 heavy (non-hydrogen) atoms. The van der Waals surface area contributed by atoms with Crippen LogP contribution < -0.4 is 5.32 Å². The zero-order chi connectivity index (χ0) is 8.44. The number of hydrogen-bond donors (Lipinski definition) is 1. The number of hydrogen-bond acceptors (Lipinski definition) is 4. The first-order valence-electron chi connectivity index (χ1n) is 3.94. The van der Waals surface area contributed by atoms with Crippen LogP contribution >= 0.6 is 11.5 Å². The van der Waals surface area contributed by atoms with E-state index < -0.39 is 5.67 Å². The second-order valence-corrected chi connectivity index (χ2v) is 3.76. The molecule has 0 aromatic carbocycles. The molecular weight excluding hydrogens is 177 g/mol. The van der Waals surface area contributed by atoms with Crippen LogP contribution in [0, 0.1) is 0 Å². The normalized spacial score (nSPS) is 29.4. The maximum absolute atomic E-state index is 13.8. The van der Waals surface area contributed by atoms with Gasteiger partial charge in [0, 0.05) is 18.3 Å². The van der Waals surface area contributed by atoms with Crippen LogP contribution in [0.3, 0.4) is 0 Å². The van der Waals surface area contributed by atoms with Crippen molar-refractivity contribution < 1.29 is 4.39 Å². The highest BCUT2D eigenvalue weighted by Gasteiger charge is 2.34. The summed E-state index contributed by atoms with van der Waals surface area (Å²) in [6.07, 6.45) is 0.987. The monoisotopic (exact) mass is 187 g/mol. The molecule has 1 fully saturated rings. The predicted molar refractivity (Wildman–Crippen MR) is 44.9 cm³/mol. The molecule has 1 atom stereocenters. The Balaban J connectivity index is 2.02. The molecule has 0 amide bonds. The molecule has 0 saturated carbocycles. The summed E-state index contributed by atoms with van der Waals surface area (Å²) in [5.74, 6) is 0. The predicted octanol–water partition coefficient (Wildman–Crippen LogP) is 0.782. The van der Waals surface area contributed by atoms with E-state index in [1.165, 1.54) is 11.5 Å². The van der Waals surface area contributed by atoms with Crippen molar-refractivity contribution in [3.8, 4) is 0 Å². The van der Waals surface area contributed by atoms with Crippen molar-refractivity contribution in [1.29, 1.82) is 0 Å². The number of rotatable bonds is 2. The van der Waals surface area contributed by atoms with Crippen LogP contribution in [0.1, 0.15) is 12.1 Å². The maximum atomic E-state index is 13.8. The Hall–Kier alpha value is -0.550. The fourth-order valence-electron chi connectivity index (χ4n) is 1.45. The minimum Gasteiger partial charge on any atom is -0.313 e. The Morgan fingerprint density at radius 3 is 3.25 bits per heavy atom. The van der Waals surface area contributed by atoms with Crippen molar-refractivity contribution in [2.24, 2.45) is 0 Å². The summed E-state index contributed by atoms with van der Waals surface area (Å²) in [6.45, 7) is 1.22. The number of aromatic nitrogens is 2. The first kappa shape index (κ1) is 8.07. The van der Waals surface area contributed by atoms with E-state index >= 15 is 0 Å². The fraction of sp³-hybridized carbons (Fsp3) is 0.714. The number of alkyl halides is 1. The zero-order valence-electron chi connectivity index (χ0n) is 6.59. The molecule has 66 valence electrons. The lowest BCUT2D eigenvalue weighted by Crippen LogP contribution is -2.28. The second kappa shape index (κ2) is 3.06. The lowest BCUT2D eigenvalue weighted by atomic mass is 10.00. The van der Waals surface area contributed by atoms with E-state index in [-0.39, 0.29) is 0 Å². The van der Waals surface area contributed by atoms with Gasteiger partial charge >= 0.3 is 0 Å². The van der Waals surface area contributed by atoms with E-state index in [0.717, 1.165) is 12.2 Å². The van der Waals surface area contributed by atoms with Gasteiger partial charge in [-0.05, 0) is 24.5 Å². The quantitative estimate of drug-likeness (QED) is 0.743. The van der Waals surface area contributed by atoms with Crippen molar-refractivity contribution in [3.63, 3.8) is 0 Å². The van der Waals surface area contributed by atoms with Crippen LogP contribution in [0.4, 0.5) is 4.39 Å². The van der Waals surface area contributed by atoms with Gasteiger partial charge in [-0.3, -0.25) is 0 Å². The molecule has 1 aliphatic rings. The molecule has 1 unspecified atom stereocenters. The summed E-state index contributed by atoms with van der Waals surface area (Å²) in [7, 11) is 0. The van der Waals surface area contributed by atoms with Crippen LogP contribution in [-0.2, 0) is 6.42 Å². The third kappa shape index (κ3) is 1.61. The highest BCUT2D eigenvalue weighted by atomic mass is 32.1. The maximum Gasteiger partial charge on any atom is 0.130 e. The van der Waals surface area contributed by atoms with Crippen LogP contribution in [0.25, 0.3) is 0 Å². The fourth-order valence-corrected chi connectivity index (χ4v) is 1.90. The van der Waals surface area contributed by atoms with Gasteiger partial charge in [0.2, 0.25) is 0 Å². The van der Waals surface area contributed by atoms with Crippen LogP contribution in [0.2, 0.25) is 0 Å². The standard InChI is InChI=1S/C7H10FN3S/c8-7(1-2-9-5-7)3-6-4-12-11-10-6/h4,9H,1-3,5H2. The van der Waals surface area contributed by atoms with Crippen LogP contribution in [0.15, 0.2) is 5.38 Å². The first-order chi connectivity index (χ1) is 5.79. The molecule has 1 aromatic heterocycles. The van der Waals surface area contributed by atoms with Crippen molar-refractivity contribution >= 4 is 11.5 Å². The van der Waals surface area contributed by atoms with E-state index in [1.54, 1.807) is 5.38 Å². The summed E-state index contributed by atoms with van der Waals surface area (Å²) < 4.78 is 17.5. The summed E-state index contributed by atoms with van der Waals surface area (Å²) >= 11 is 1.27. The number of halogens is 1. The van der Waals surface area contributed by atoms with Gasteiger partial charge in [0.1, 0.15) is 5.67 Å². The van der Waals surface area contributed by atoms with Crippen molar-refractivity contribution in [1.82, 2.24) is 14.9 Å². The molecular formula is C7H10FN3S. The molecule has 1 aliphatic heterocycles. The minimum atomic E-state index is -1.09. The molecule has 0 aliphatic carbocycles. The van der Waals surface area contributed by atoms with E-state index in [0.29, 0.717) is 19.4 Å². The topological polar surface area (TPSA) is 37.8 Å². The molecule has 0 bridgehead atoms. The van der Waals surface area contributed by atoms with Gasteiger partial charge in [0.15, 0.2) is 0 Å². The van der Waals surface area contributed by atoms with E-state index in [4.69, 9.17) is 0 Å². The van der Waals surface area contributed by atoms with E-state index in [9.17, 15) is 4.39 Å². The van der Waals surface area contributed by atoms with Crippen molar-refractivity contribution in [2.75, 3.05) is 13.1 Å².